The Balaban J connectivity index is 2.00. The Morgan fingerprint density at radius 1 is 1.00 bits per heavy atom. The highest BCUT2D eigenvalue weighted by Crippen LogP contribution is 2.32. The van der Waals surface area contributed by atoms with Crippen LogP contribution in [0.15, 0.2) is 42.7 Å². The number of hydrogen-bond donors (Lipinski definition) is 1. The van der Waals surface area contributed by atoms with Crippen molar-refractivity contribution in [2.45, 2.75) is 52.4 Å². The van der Waals surface area contributed by atoms with Crippen LogP contribution in [0.5, 0.6) is 0 Å². The molecule has 0 bridgehead atoms. The zero-order valence-corrected chi connectivity index (χ0v) is 17.5. The van der Waals surface area contributed by atoms with Crippen LogP contribution in [0, 0.1) is 0 Å². The molecule has 2 rings (SSSR count). The molecule has 0 aliphatic heterocycles. The van der Waals surface area contributed by atoms with E-state index in [1.54, 1.807) is 24.3 Å². The number of rotatable bonds is 8. The second-order valence-corrected chi connectivity index (χ2v) is 7.77. The summed E-state index contributed by atoms with van der Waals surface area (Å²) in [5, 5.41) is 3.01. The van der Waals surface area contributed by atoms with Crippen molar-refractivity contribution >= 4 is 17.5 Å². The number of carbonyl (C=O) groups is 2. The number of likely N-dealkylation sites (N-methyl/N-ethyl adjacent to an activating group) is 1. The lowest BCUT2D eigenvalue weighted by atomic mass is 9.92. The van der Waals surface area contributed by atoms with Gasteiger partial charge in [-0.25, -0.2) is 0 Å². The molecule has 5 nitrogen and oxygen atoms in total. The van der Waals surface area contributed by atoms with E-state index in [2.05, 4.69) is 38.0 Å². The molecule has 2 aromatic rings. The van der Waals surface area contributed by atoms with E-state index < -0.39 is 0 Å². The third kappa shape index (κ3) is 5.91. The molecule has 1 N–H and O–H groups in total. The number of nitrogens with one attached hydrogen (secondary N) is 1. The molecule has 0 unspecified atom stereocenters. The van der Waals surface area contributed by atoms with Crippen LogP contribution in [-0.2, 0) is 16.0 Å². The Bertz CT molecular complexity index is 774. The van der Waals surface area contributed by atoms with Crippen LogP contribution < -0.4 is 5.32 Å². The molecule has 0 radical (unpaired) electrons. The predicted octanol–water partition coefficient (Wildman–Crippen LogP) is 4.36. The Labute approximate surface area is 168 Å². The average Bonchev–Trinajstić information content (AvgIpc) is 2.66. The van der Waals surface area contributed by atoms with E-state index in [0.717, 1.165) is 28.8 Å². The van der Waals surface area contributed by atoms with E-state index in [4.69, 9.17) is 0 Å². The van der Waals surface area contributed by atoms with Crippen LogP contribution in [0.25, 0.3) is 0 Å². The lowest BCUT2D eigenvalue weighted by Crippen LogP contribution is -2.32. The van der Waals surface area contributed by atoms with Gasteiger partial charge < -0.3 is 10.2 Å². The molecule has 2 amide bonds. The van der Waals surface area contributed by atoms with E-state index in [1.807, 2.05) is 30.3 Å². The van der Waals surface area contributed by atoms with Crippen molar-refractivity contribution in [2.75, 3.05) is 18.9 Å². The lowest BCUT2D eigenvalue weighted by molar-refractivity contribution is -0.133. The normalized spacial score (nSPS) is 11.0. The van der Waals surface area contributed by atoms with E-state index in [1.165, 1.54) is 0 Å². The van der Waals surface area contributed by atoms with Crippen molar-refractivity contribution in [1.82, 2.24) is 9.88 Å². The Hall–Kier alpha value is -2.69. The third-order valence-electron chi connectivity index (χ3n) is 4.86. The first-order valence-electron chi connectivity index (χ1n) is 9.85. The second kappa shape index (κ2) is 10.0. The molecule has 1 heterocycles. The molecular formula is C23H31N3O2. The summed E-state index contributed by atoms with van der Waals surface area (Å²) < 4.78 is 0. The van der Waals surface area contributed by atoms with Gasteiger partial charge in [-0.1, -0.05) is 45.9 Å². The van der Waals surface area contributed by atoms with Gasteiger partial charge in [-0.2, -0.15) is 0 Å². The zero-order chi connectivity index (χ0) is 20.7. The highest BCUT2D eigenvalue weighted by Gasteiger charge is 2.19. The summed E-state index contributed by atoms with van der Waals surface area (Å²) in [7, 11) is 1.73. The molecule has 0 aliphatic carbocycles. The maximum absolute atomic E-state index is 12.6. The molecule has 0 atom stereocenters. The van der Waals surface area contributed by atoms with Crippen LogP contribution in [0.2, 0.25) is 0 Å². The summed E-state index contributed by atoms with van der Waals surface area (Å²) in [5.41, 5.74) is 4.16. The molecule has 28 heavy (non-hydrogen) atoms. The first-order chi connectivity index (χ1) is 13.3. The summed E-state index contributed by atoms with van der Waals surface area (Å²) in [6.07, 6.45) is 4.06. The maximum atomic E-state index is 12.6. The van der Waals surface area contributed by atoms with Crippen molar-refractivity contribution in [2.24, 2.45) is 0 Å². The highest BCUT2D eigenvalue weighted by molar-refractivity contribution is 6.04. The van der Waals surface area contributed by atoms with Gasteiger partial charge >= 0.3 is 0 Å². The van der Waals surface area contributed by atoms with Crippen molar-refractivity contribution in [3.63, 3.8) is 0 Å². The maximum Gasteiger partial charge on any atom is 0.233 e. The lowest BCUT2D eigenvalue weighted by Gasteiger charge is -2.21. The molecule has 0 spiro atoms. The predicted molar refractivity (Wildman–Crippen MR) is 113 cm³/mol. The number of hydrogen-bond acceptors (Lipinski definition) is 3. The van der Waals surface area contributed by atoms with Crippen molar-refractivity contribution in [1.29, 1.82) is 0 Å². The van der Waals surface area contributed by atoms with E-state index in [0.29, 0.717) is 6.54 Å². The number of para-hydroxylation sites is 1. The quantitative estimate of drug-likeness (QED) is 0.691. The van der Waals surface area contributed by atoms with Gasteiger partial charge in [-0.05, 0) is 47.1 Å². The fourth-order valence-corrected chi connectivity index (χ4v) is 3.12. The van der Waals surface area contributed by atoms with Gasteiger partial charge in [0.2, 0.25) is 11.8 Å². The molecular weight excluding hydrogens is 350 g/mol. The molecule has 1 aromatic heterocycles. The van der Waals surface area contributed by atoms with Gasteiger partial charge in [0.05, 0.1) is 0 Å². The summed E-state index contributed by atoms with van der Waals surface area (Å²) in [5.74, 6) is 0.121. The van der Waals surface area contributed by atoms with E-state index >= 15 is 0 Å². The minimum absolute atomic E-state index is 0.156. The van der Waals surface area contributed by atoms with Crippen LogP contribution >= 0.6 is 0 Å². The molecule has 5 heteroatoms. The minimum atomic E-state index is -0.268. The van der Waals surface area contributed by atoms with Crippen molar-refractivity contribution < 1.29 is 9.59 Å². The van der Waals surface area contributed by atoms with Crippen LogP contribution in [0.3, 0.4) is 0 Å². The molecule has 0 aliphatic rings. The molecule has 0 saturated heterocycles. The number of benzene rings is 1. The monoisotopic (exact) mass is 381 g/mol. The summed E-state index contributed by atoms with van der Waals surface area (Å²) in [6.45, 7) is 8.98. The van der Waals surface area contributed by atoms with Gasteiger partial charge in [0.15, 0.2) is 0 Å². The van der Waals surface area contributed by atoms with Crippen molar-refractivity contribution in [3.05, 3.63) is 59.4 Å². The van der Waals surface area contributed by atoms with Gasteiger partial charge in [-0.3, -0.25) is 14.6 Å². The van der Waals surface area contributed by atoms with E-state index in [9.17, 15) is 9.59 Å². The molecule has 150 valence electrons. The van der Waals surface area contributed by atoms with E-state index in [-0.39, 0.29) is 30.1 Å². The SMILES string of the molecule is CC(C)c1cccc(C(C)C)c1NC(=O)CC(=O)N(C)CCc1ccncc1. The van der Waals surface area contributed by atoms with Crippen LogP contribution in [0.1, 0.15) is 62.6 Å². The number of aromatic nitrogens is 1. The summed E-state index contributed by atoms with van der Waals surface area (Å²) >= 11 is 0. The Kier molecular flexibility index (Phi) is 7.73. The fraction of sp³-hybridized carbons (Fsp3) is 0.435. The zero-order valence-electron chi connectivity index (χ0n) is 17.5. The number of carbonyl (C=O) groups excluding carboxylic acids is 2. The van der Waals surface area contributed by atoms with Crippen molar-refractivity contribution in [3.8, 4) is 0 Å². The standard InChI is InChI=1S/C23H31N3O2/c1-16(2)19-7-6-8-20(17(3)4)23(19)25-21(27)15-22(28)26(5)14-11-18-9-12-24-13-10-18/h6-10,12-13,16-17H,11,14-15H2,1-5H3,(H,25,27). The number of amides is 2. The fourth-order valence-electron chi connectivity index (χ4n) is 3.12. The molecule has 0 saturated carbocycles. The Morgan fingerprint density at radius 3 is 2.11 bits per heavy atom. The second-order valence-electron chi connectivity index (χ2n) is 7.77. The van der Waals surface area contributed by atoms with Crippen LogP contribution in [-0.4, -0.2) is 35.3 Å². The average molecular weight is 382 g/mol. The third-order valence-corrected chi connectivity index (χ3v) is 4.86. The largest absolute Gasteiger partial charge is 0.345 e. The number of pyridine rings is 1. The highest BCUT2D eigenvalue weighted by atomic mass is 16.2. The topological polar surface area (TPSA) is 62.3 Å². The van der Waals surface area contributed by atoms with Crippen LogP contribution in [0.4, 0.5) is 5.69 Å². The Morgan fingerprint density at radius 2 is 1.57 bits per heavy atom. The smallest absolute Gasteiger partial charge is 0.233 e. The first kappa shape index (κ1) is 21.6. The first-order valence-corrected chi connectivity index (χ1v) is 9.85. The minimum Gasteiger partial charge on any atom is -0.345 e. The van der Waals surface area contributed by atoms with Gasteiger partial charge in [0.25, 0.3) is 0 Å². The van der Waals surface area contributed by atoms with Gasteiger partial charge in [0, 0.05) is 31.7 Å². The summed E-state index contributed by atoms with van der Waals surface area (Å²) in [6, 6.07) is 9.96. The summed E-state index contributed by atoms with van der Waals surface area (Å²) in [4.78, 5) is 30.6. The number of nitrogens with zero attached hydrogens (tertiary/aromatic N) is 2. The number of anilines is 1. The van der Waals surface area contributed by atoms with Gasteiger partial charge in [-0.15, -0.1) is 0 Å². The van der Waals surface area contributed by atoms with Gasteiger partial charge in [0.1, 0.15) is 6.42 Å². The molecule has 1 aromatic carbocycles. The molecule has 0 fully saturated rings.